The number of piperazine rings is 1. The first kappa shape index (κ1) is 43.8. The predicted molar refractivity (Wildman–Crippen MR) is 225 cm³/mol. The van der Waals surface area contributed by atoms with Crippen LogP contribution in [-0.4, -0.2) is 161 Å². The van der Waals surface area contributed by atoms with Crippen molar-refractivity contribution >= 4 is 35.2 Å². The highest BCUT2D eigenvalue weighted by molar-refractivity contribution is 6.23. The Morgan fingerprint density at radius 2 is 1.61 bits per heavy atom. The summed E-state index contributed by atoms with van der Waals surface area (Å²) in [4.78, 5) is 72.4. The Morgan fingerprint density at radius 1 is 0.869 bits per heavy atom. The van der Waals surface area contributed by atoms with Gasteiger partial charge in [-0.05, 0) is 75.0 Å². The number of benzene rings is 3. The lowest BCUT2D eigenvalue weighted by atomic mass is 9.93. The minimum Gasteiger partial charge on any atom is -0.484 e. The first-order valence-electron chi connectivity index (χ1n) is 21.1. The average Bonchev–Trinajstić information content (AvgIpc) is 3.79. The SMILES string of the molecule is Cc1cccc(F)c1CN1C[C@H](c2ccc(N3CCN(CCOCCOCCNC(=O)COc4ccc5c(c4)C(=O)N(C4CCC(=O)NC4=O)C5=O)CC3)cc2)[C@@H](N(C)C)C1. The van der Waals surface area contributed by atoms with Crippen molar-refractivity contribution in [3.8, 4) is 5.75 Å². The molecule has 61 heavy (non-hydrogen) atoms. The van der Waals surface area contributed by atoms with E-state index in [1.165, 1.54) is 29.4 Å². The summed E-state index contributed by atoms with van der Waals surface area (Å²) in [6, 6.07) is 17.9. The number of carbonyl (C=O) groups is 5. The summed E-state index contributed by atoms with van der Waals surface area (Å²) < 4.78 is 31.6. The van der Waals surface area contributed by atoms with Crippen LogP contribution in [0, 0.1) is 12.7 Å². The van der Waals surface area contributed by atoms with E-state index in [1.54, 1.807) is 12.1 Å². The Kier molecular flexibility index (Phi) is 14.4. The molecule has 4 heterocycles. The maximum absolute atomic E-state index is 14.6. The minimum absolute atomic E-state index is 0.0334. The monoisotopic (exact) mass is 841 g/mol. The highest BCUT2D eigenvalue weighted by atomic mass is 19.1. The van der Waals surface area contributed by atoms with Crippen LogP contribution < -0.4 is 20.3 Å². The average molecular weight is 842 g/mol. The third-order valence-corrected chi connectivity index (χ3v) is 12.1. The predicted octanol–water partition coefficient (Wildman–Crippen LogP) is 2.42. The largest absolute Gasteiger partial charge is 0.484 e. The number of nitrogens with one attached hydrogen (secondary N) is 2. The summed E-state index contributed by atoms with van der Waals surface area (Å²) in [5.74, 6) is -2.32. The standard InChI is InChI=1S/C45H56FN7O8/c1-30-5-4-6-38(46)36(30)26-51-27-37(40(28-51)49(2)3)31-7-9-32(10-8-31)52-18-16-50(17-19-52)20-22-60-24-23-59-21-15-47-42(55)29-61-33-11-12-34-35(25-33)45(58)53(44(34)57)39-13-14-41(54)48-43(39)56/h4-12,25,37,39-40H,13-24,26-29H2,1-3H3,(H,47,55)(H,48,54,56)/t37-,39?,40+/m1/s1. The number of anilines is 1. The Labute approximate surface area is 356 Å². The van der Waals surface area contributed by atoms with Crippen molar-refractivity contribution in [3.63, 3.8) is 0 Å². The molecule has 4 aliphatic heterocycles. The van der Waals surface area contributed by atoms with E-state index in [0.717, 1.165) is 61.8 Å². The number of likely N-dealkylation sites (N-methyl/N-ethyl adjacent to an activating group) is 1. The third kappa shape index (κ3) is 10.6. The molecule has 3 fully saturated rings. The quantitative estimate of drug-likeness (QED) is 0.143. The second-order valence-corrected chi connectivity index (χ2v) is 16.3. The Hall–Kier alpha value is -5.26. The number of hydrogen-bond donors (Lipinski definition) is 2. The van der Waals surface area contributed by atoms with Crippen LogP contribution in [0.5, 0.6) is 5.75 Å². The molecule has 0 aliphatic carbocycles. The summed E-state index contributed by atoms with van der Waals surface area (Å²) in [5.41, 5.74) is 4.55. The van der Waals surface area contributed by atoms with E-state index < -0.39 is 29.7 Å². The summed E-state index contributed by atoms with van der Waals surface area (Å²) in [6.07, 6.45) is 0.0978. The number of piperidine rings is 1. The molecule has 3 aromatic rings. The van der Waals surface area contributed by atoms with E-state index in [4.69, 9.17) is 14.2 Å². The lowest BCUT2D eigenvalue weighted by molar-refractivity contribution is -0.136. The first-order valence-corrected chi connectivity index (χ1v) is 21.1. The lowest BCUT2D eigenvalue weighted by Crippen LogP contribution is -2.54. The van der Waals surface area contributed by atoms with E-state index >= 15 is 0 Å². The van der Waals surface area contributed by atoms with Crippen molar-refractivity contribution in [2.24, 2.45) is 0 Å². The van der Waals surface area contributed by atoms with Crippen molar-refractivity contribution in [2.75, 3.05) is 104 Å². The number of aryl methyl sites for hydroxylation is 1. The normalized spacial score (nSPS) is 21.0. The van der Waals surface area contributed by atoms with Gasteiger partial charge in [-0.1, -0.05) is 24.3 Å². The molecule has 4 aliphatic rings. The number of imide groups is 2. The van der Waals surface area contributed by atoms with E-state index in [1.807, 2.05) is 13.0 Å². The molecule has 0 radical (unpaired) electrons. The van der Waals surface area contributed by atoms with Gasteiger partial charge < -0.3 is 29.3 Å². The topological polar surface area (TPSA) is 153 Å². The van der Waals surface area contributed by atoms with Crippen LogP contribution in [0.3, 0.4) is 0 Å². The molecule has 2 N–H and O–H groups in total. The molecule has 7 rings (SSSR count). The lowest BCUT2D eigenvalue weighted by Gasteiger charge is -2.36. The van der Waals surface area contributed by atoms with Crippen LogP contribution in [0.4, 0.5) is 10.1 Å². The molecule has 1 unspecified atom stereocenters. The van der Waals surface area contributed by atoms with Gasteiger partial charge in [0.15, 0.2) is 6.61 Å². The number of rotatable bonds is 18. The van der Waals surface area contributed by atoms with Crippen molar-refractivity contribution in [1.29, 1.82) is 0 Å². The zero-order chi connectivity index (χ0) is 43.0. The first-order chi connectivity index (χ1) is 29.5. The molecule has 16 heteroatoms. The molecule has 3 aromatic carbocycles. The van der Waals surface area contributed by atoms with Crippen LogP contribution in [0.1, 0.15) is 56.2 Å². The molecular formula is C45H56FN7O8. The molecule has 0 spiro atoms. The number of hydrogen-bond acceptors (Lipinski definition) is 12. The highest BCUT2D eigenvalue weighted by Gasteiger charge is 2.45. The van der Waals surface area contributed by atoms with Gasteiger partial charge in [0.1, 0.15) is 17.6 Å². The molecule has 5 amide bonds. The van der Waals surface area contributed by atoms with E-state index in [9.17, 15) is 28.4 Å². The molecule has 3 saturated heterocycles. The van der Waals surface area contributed by atoms with Gasteiger partial charge in [0.2, 0.25) is 11.8 Å². The van der Waals surface area contributed by atoms with Gasteiger partial charge in [-0.25, -0.2) is 4.39 Å². The second kappa shape index (κ2) is 20.1. The van der Waals surface area contributed by atoms with Gasteiger partial charge >= 0.3 is 0 Å². The number of halogens is 1. The Balaban J connectivity index is 0.733. The fraction of sp³-hybridized carbons (Fsp3) is 0.489. The summed E-state index contributed by atoms with van der Waals surface area (Å²) >= 11 is 0. The number of nitrogens with zero attached hydrogens (tertiary/aromatic N) is 5. The van der Waals surface area contributed by atoms with Crippen LogP contribution in [0.25, 0.3) is 0 Å². The maximum atomic E-state index is 14.6. The summed E-state index contributed by atoms with van der Waals surface area (Å²) in [5, 5.41) is 4.88. The zero-order valence-corrected chi connectivity index (χ0v) is 35.2. The van der Waals surface area contributed by atoms with Crippen molar-refractivity contribution in [2.45, 2.75) is 44.3 Å². The van der Waals surface area contributed by atoms with Crippen LogP contribution in [-0.2, 0) is 30.4 Å². The molecular weight excluding hydrogens is 786 g/mol. The van der Waals surface area contributed by atoms with E-state index in [0.29, 0.717) is 44.9 Å². The molecule has 0 bridgehead atoms. The van der Waals surface area contributed by atoms with E-state index in [-0.39, 0.29) is 54.6 Å². The summed E-state index contributed by atoms with van der Waals surface area (Å²) in [7, 11) is 4.27. The van der Waals surface area contributed by atoms with E-state index in [2.05, 4.69) is 68.6 Å². The number of carbonyl (C=O) groups excluding carboxylic acids is 5. The Morgan fingerprint density at radius 3 is 2.33 bits per heavy atom. The highest BCUT2D eigenvalue weighted by Crippen LogP contribution is 2.34. The van der Waals surface area contributed by atoms with Crippen molar-refractivity contribution in [3.05, 3.63) is 94.3 Å². The Bertz CT molecular complexity index is 2060. The van der Waals surface area contributed by atoms with Gasteiger partial charge in [0, 0.05) is 88.5 Å². The molecule has 15 nitrogen and oxygen atoms in total. The van der Waals surface area contributed by atoms with Gasteiger partial charge in [0.05, 0.1) is 37.6 Å². The molecule has 0 saturated carbocycles. The van der Waals surface area contributed by atoms with Crippen LogP contribution >= 0.6 is 0 Å². The second-order valence-electron chi connectivity index (χ2n) is 16.3. The van der Waals surface area contributed by atoms with Crippen LogP contribution in [0.2, 0.25) is 0 Å². The molecule has 326 valence electrons. The third-order valence-electron chi connectivity index (χ3n) is 12.1. The minimum atomic E-state index is -1.06. The zero-order valence-electron chi connectivity index (χ0n) is 35.2. The number of fused-ring (bicyclic) bond motifs is 1. The molecule has 0 aromatic heterocycles. The van der Waals surface area contributed by atoms with Gasteiger partial charge in [-0.15, -0.1) is 0 Å². The fourth-order valence-electron chi connectivity index (χ4n) is 8.62. The van der Waals surface area contributed by atoms with Crippen LogP contribution in [0.15, 0.2) is 60.7 Å². The van der Waals surface area contributed by atoms with Crippen molar-refractivity contribution < 1.29 is 42.6 Å². The smallest absolute Gasteiger partial charge is 0.262 e. The van der Waals surface area contributed by atoms with Gasteiger partial charge in [-0.2, -0.15) is 0 Å². The number of ether oxygens (including phenoxy) is 3. The van der Waals surface area contributed by atoms with Gasteiger partial charge in [-0.3, -0.25) is 44.0 Å². The van der Waals surface area contributed by atoms with Gasteiger partial charge in [0.25, 0.3) is 17.7 Å². The fourth-order valence-corrected chi connectivity index (χ4v) is 8.62. The maximum Gasteiger partial charge on any atom is 0.262 e. The molecule has 3 atom stereocenters. The number of amides is 5. The summed E-state index contributed by atoms with van der Waals surface area (Å²) in [6.45, 7) is 10.7. The number of likely N-dealkylation sites (tertiary alicyclic amines) is 1. The van der Waals surface area contributed by atoms with Crippen molar-refractivity contribution in [1.82, 2.24) is 30.2 Å².